The Morgan fingerprint density at radius 1 is 1.17 bits per heavy atom. The monoisotopic (exact) mass is 399 g/mol. The standard InChI is InChI=1S/C21H25N3O5/c1-6-28-20(27)16(18(22)25)17-14(11-15(29-17)21(3,4)5)23-24-19(26)13-9-7-12(2)8-10-13/h7-11H,6H2,1-5H3,(H2,22,25)(H,24,26)/b17-16-,23-14-. The van der Waals surface area contributed by atoms with Crippen LogP contribution in [-0.4, -0.2) is 30.1 Å². The largest absolute Gasteiger partial charge is 0.462 e. The molecule has 0 fully saturated rings. The topological polar surface area (TPSA) is 120 Å². The van der Waals surface area contributed by atoms with Crippen LogP contribution in [0.4, 0.5) is 0 Å². The Morgan fingerprint density at radius 2 is 1.79 bits per heavy atom. The highest BCUT2D eigenvalue weighted by Gasteiger charge is 2.35. The minimum Gasteiger partial charge on any atom is -0.462 e. The number of allylic oxidation sites excluding steroid dienone is 2. The number of nitrogens with zero attached hydrogens (tertiary/aromatic N) is 1. The van der Waals surface area contributed by atoms with E-state index in [1.165, 1.54) is 0 Å². The zero-order valence-electron chi connectivity index (χ0n) is 17.2. The molecular formula is C21H25N3O5. The lowest BCUT2D eigenvalue weighted by molar-refractivity contribution is -0.140. The van der Waals surface area contributed by atoms with E-state index < -0.39 is 28.8 Å². The molecule has 8 heteroatoms. The molecule has 1 aromatic carbocycles. The van der Waals surface area contributed by atoms with E-state index in [1.807, 2.05) is 27.7 Å². The van der Waals surface area contributed by atoms with Crippen molar-refractivity contribution in [3.05, 3.63) is 58.6 Å². The van der Waals surface area contributed by atoms with E-state index in [0.717, 1.165) is 5.56 Å². The third-order valence-corrected chi connectivity index (χ3v) is 4.00. The number of carbonyl (C=O) groups excluding carboxylic acids is 3. The summed E-state index contributed by atoms with van der Waals surface area (Å²) in [7, 11) is 0. The first kappa shape index (κ1) is 21.9. The van der Waals surface area contributed by atoms with Gasteiger partial charge in [0.2, 0.25) is 0 Å². The van der Waals surface area contributed by atoms with E-state index in [1.54, 1.807) is 37.3 Å². The van der Waals surface area contributed by atoms with Gasteiger partial charge in [-0.25, -0.2) is 10.2 Å². The molecule has 0 spiro atoms. The fraction of sp³-hybridized carbons (Fsp3) is 0.333. The van der Waals surface area contributed by atoms with Gasteiger partial charge in [-0.05, 0) is 26.0 Å². The fourth-order valence-corrected chi connectivity index (χ4v) is 2.40. The normalized spacial score (nSPS) is 16.7. The van der Waals surface area contributed by atoms with Crippen molar-refractivity contribution in [3.8, 4) is 0 Å². The number of nitrogens with one attached hydrogen (secondary N) is 1. The number of esters is 1. The molecule has 1 aliphatic heterocycles. The number of benzene rings is 1. The summed E-state index contributed by atoms with van der Waals surface area (Å²) in [4.78, 5) is 36.5. The summed E-state index contributed by atoms with van der Waals surface area (Å²) in [6, 6.07) is 6.93. The fourth-order valence-electron chi connectivity index (χ4n) is 2.40. The first-order valence-electron chi connectivity index (χ1n) is 9.11. The molecule has 1 aliphatic rings. The third-order valence-electron chi connectivity index (χ3n) is 4.00. The smallest absolute Gasteiger partial charge is 0.347 e. The second-order valence-electron chi connectivity index (χ2n) is 7.45. The maximum atomic E-state index is 12.4. The Balaban J connectivity index is 2.45. The summed E-state index contributed by atoms with van der Waals surface area (Å²) in [5.74, 6) is -2.08. The maximum absolute atomic E-state index is 12.4. The van der Waals surface area contributed by atoms with E-state index in [4.69, 9.17) is 15.2 Å². The number of hydrogen-bond acceptors (Lipinski definition) is 6. The average Bonchev–Trinajstić information content (AvgIpc) is 3.04. The molecule has 0 aliphatic carbocycles. The zero-order valence-corrected chi connectivity index (χ0v) is 17.2. The van der Waals surface area contributed by atoms with Gasteiger partial charge in [0, 0.05) is 17.1 Å². The molecule has 0 bridgehead atoms. The van der Waals surface area contributed by atoms with Crippen molar-refractivity contribution in [2.75, 3.05) is 6.61 Å². The minimum absolute atomic E-state index is 0.0546. The number of hydrogen-bond donors (Lipinski definition) is 2. The van der Waals surface area contributed by atoms with Gasteiger partial charge in [0.05, 0.1) is 6.61 Å². The van der Waals surface area contributed by atoms with Crippen molar-refractivity contribution in [2.45, 2.75) is 34.6 Å². The highest BCUT2D eigenvalue weighted by molar-refractivity contribution is 6.24. The Morgan fingerprint density at radius 3 is 2.31 bits per heavy atom. The maximum Gasteiger partial charge on any atom is 0.347 e. The summed E-state index contributed by atoms with van der Waals surface area (Å²) in [6.07, 6.45) is 1.55. The van der Waals surface area contributed by atoms with Gasteiger partial charge in [0.25, 0.3) is 11.8 Å². The molecule has 0 radical (unpaired) electrons. The quantitative estimate of drug-likeness (QED) is 0.259. The molecular weight excluding hydrogens is 374 g/mol. The van der Waals surface area contributed by atoms with E-state index in [-0.39, 0.29) is 18.1 Å². The summed E-state index contributed by atoms with van der Waals surface area (Å²) in [5.41, 5.74) is 8.40. The molecule has 29 heavy (non-hydrogen) atoms. The lowest BCUT2D eigenvalue weighted by Crippen LogP contribution is -2.27. The molecule has 2 rings (SSSR count). The SMILES string of the molecule is CCOC(=O)/C(C(N)=O)=C1\OC(C(C)(C)C)=C\C1=N\NC(=O)c1ccc(C)cc1. The van der Waals surface area contributed by atoms with Crippen molar-refractivity contribution < 1.29 is 23.9 Å². The van der Waals surface area contributed by atoms with Crippen molar-refractivity contribution in [2.24, 2.45) is 16.3 Å². The summed E-state index contributed by atoms with van der Waals surface area (Å²) >= 11 is 0. The molecule has 0 saturated heterocycles. The van der Waals surface area contributed by atoms with Crippen molar-refractivity contribution >= 4 is 23.5 Å². The van der Waals surface area contributed by atoms with Crippen LogP contribution in [0.15, 0.2) is 52.5 Å². The molecule has 8 nitrogen and oxygen atoms in total. The van der Waals surface area contributed by atoms with Gasteiger partial charge >= 0.3 is 5.97 Å². The second kappa shape index (κ2) is 8.72. The van der Waals surface area contributed by atoms with Crippen molar-refractivity contribution in [1.82, 2.24) is 5.43 Å². The Bertz CT molecular complexity index is 919. The number of primary amides is 1. The van der Waals surface area contributed by atoms with Gasteiger partial charge < -0.3 is 15.2 Å². The first-order valence-corrected chi connectivity index (χ1v) is 9.11. The molecule has 1 heterocycles. The van der Waals surface area contributed by atoms with Gasteiger partial charge in [-0.2, -0.15) is 5.10 Å². The highest BCUT2D eigenvalue weighted by Crippen LogP contribution is 2.34. The van der Waals surface area contributed by atoms with Gasteiger partial charge in [-0.15, -0.1) is 0 Å². The van der Waals surface area contributed by atoms with Crippen LogP contribution in [-0.2, 0) is 19.1 Å². The Hall–Kier alpha value is -3.42. The van der Waals surface area contributed by atoms with Crippen LogP contribution in [0.1, 0.15) is 43.6 Å². The average molecular weight is 399 g/mol. The number of carbonyl (C=O) groups is 3. The van der Waals surface area contributed by atoms with Crippen LogP contribution in [0.5, 0.6) is 0 Å². The number of rotatable bonds is 5. The predicted molar refractivity (Wildman–Crippen MR) is 108 cm³/mol. The summed E-state index contributed by atoms with van der Waals surface area (Å²) < 4.78 is 10.7. The number of hydrazone groups is 1. The molecule has 1 aromatic rings. The van der Waals surface area contributed by atoms with Crippen LogP contribution in [0, 0.1) is 12.3 Å². The summed E-state index contributed by atoms with van der Waals surface area (Å²) in [5, 5.41) is 4.06. The van der Waals surface area contributed by atoms with Crippen molar-refractivity contribution in [3.63, 3.8) is 0 Å². The number of aryl methyl sites for hydroxylation is 1. The van der Waals surface area contributed by atoms with Crippen LogP contribution in [0.3, 0.4) is 0 Å². The van der Waals surface area contributed by atoms with Gasteiger partial charge in [-0.3, -0.25) is 9.59 Å². The van der Waals surface area contributed by atoms with Gasteiger partial charge in [0.15, 0.2) is 11.3 Å². The molecule has 0 unspecified atom stereocenters. The Labute approximate surface area is 169 Å². The first-order chi connectivity index (χ1) is 13.5. The van der Waals surface area contributed by atoms with E-state index in [2.05, 4.69) is 10.5 Å². The van der Waals surface area contributed by atoms with Crippen LogP contribution in [0.2, 0.25) is 0 Å². The van der Waals surface area contributed by atoms with E-state index in [9.17, 15) is 14.4 Å². The third kappa shape index (κ3) is 5.31. The van der Waals surface area contributed by atoms with Gasteiger partial charge in [0.1, 0.15) is 11.5 Å². The van der Waals surface area contributed by atoms with Crippen LogP contribution >= 0.6 is 0 Å². The highest BCUT2D eigenvalue weighted by atomic mass is 16.5. The molecule has 3 N–H and O–H groups in total. The van der Waals surface area contributed by atoms with E-state index >= 15 is 0 Å². The number of amides is 2. The van der Waals surface area contributed by atoms with Crippen molar-refractivity contribution in [1.29, 1.82) is 0 Å². The number of nitrogens with two attached hydrogens (primary N) is 1. The van der Waals surface area contributed by atoms with E-state index in [0.29, 0.717) is 11.3 Å². The molecule has 0 aromatic heterocycles. The lowest BCUT2D eigenvalue weighted by atomic mass is 9.94. The van der Waals surface area contributed by atoms with Crippen LogP contribution < -0.4 is 11.2 Å². The zero-order chi connectivity index (χ0) is 21.8. The lowest BCUT2D eigenvalue weighted by Gasteiger charge is -2.19. The van der Waals surface area contributed by atoms with Crippen LogP contribution in [0.25, 0.3) is 0 Å². The molecule has 154 valence electrons. The molecule has 0 atom stereocenters. The molecule has 0 saturated carbocycles. The summed E-state index contributed by atoms with van der Waals surface area (Å²) in [6.45, 7) is 9.23. The molecule has 2 amide bonds. The van der Waals surface area contributed by atoms with Gasteiger partial charge in [-0.1, -0.05) is 38.5 Å². The Kier molecular flexibility index (Phi) is 6.58. The number of ether oxygens (including phenoxy) is 2. The second-order valence-corrected chi connectivity index (χ2v) is 7.45. The minimum atomic E-state index is -1.01. The predicted octanol–water partition coefficient (Wildman–Crippen LogP) is 2.34.